The van der Waals surface area contributed by atoms with Crippen LogP contribution >= 0.6 is 15.9 Å². The Labute approximate surface area is 115 Å². The topological polar surface area (TPSA) is 69.6 Å². The molecule has 4 nitrogen and oxygen atoms in total. The van der Waals surface area contributed by atoms with E-state index in [1.165, 1.54) is 0 Å². The van der Waals surface area contributed by atoms with E-state index in [4.69, 9.17) is 10.2 Å². The number of carboxylic acid groups (broad SMARTS) is 1. The molecular formula is C13H18BrNO3. The summed E-state index contributed by atoms with van der Waals surface area (Å²) >= 11 is 3.30. The number of benzene rings is 1. The van der Waals surface area contributed by atoms with Gasteiger partial charge in [0, 0.05) is 22.3 Å². The summed E-state index contributed by atoms with van der Waals surface area (Å²) < 4.78 is 0.715. The van der Waals surface area contributed by atoms with Gasteiger partial charge in [-0.3, -0.25) is 0 Å². The van der Waals surface area contributed by atoms with E-state index >= 15 is 0 Å². The molecule has 100 valence electrons. The minimum atomic E-state index is -0.959. The van der Waals surface area contributed by atoms with Crippen molar-refractivity contribution in [3.05, 3.63) is 28.2 Å². The predicted octanol–water partition coefficient (Wildman–Crippen LogP) is 3.11. The van der Waals surface area contributed by atoms with Crippen LogP contribution in [0, 0.1) is 0 Å². The van der Waals surface area contributed by atoms with E-state index in [-0.39, 0.29) is 17.7 Å². The van der Waals surface area contributed by atoms with Gasteiger partial charge in [0.2, 0.25) is 0 Å². The van der Waals surface area contributed by atoms with E-state index < -0.39 is 5.97 Å². The molecule has 0 aliphatic heterocycles. The molecule has 18 heavy (non-hydrogen) atoms. The number of aliphatic hydroxyl groups is 1. The molecule has 0 heterocycles. The second-order valence-electron chi connectivity index (χ2n) is 4.55. The minimum Gasteiger partial charge on any atom is -0.478 e. The van der Waals surface area contributed by atoms with E-state index in [0.717, 1.165) is 12.1 Å². The quantitative estimate of drug-likeness (QED) is 0.754. The molecule has 1 aromatic rings. The van der Waals surface area contributed by atoms with E-state index in [9.17, 15) is 4.79 Å². The van der Waals surface area contributed by atoms with Crippen molar-refractivity contribution in [2.45, 2.75) is 32.2 Å². The summed E-state index contributed by atoms with van der Waals surface area (Å²) in [7, 11) is 0. The summed E-state index contributed by atoms with van der Waals surface area (Å²) in [6.07, 6.45) is 1.45. The molecule has 0 saturated heterocycles. The molecule has 1 unspecified atom stereocenters. The van der Waals surface area contributed by atoms with Crippen LogP contribution < -0.4 is 5.32 Å². The Morgan fingerprint density at radius 3 is 2.61 bits per heavy atom. The van der Waals surface area contributed by atoms with Gasteiger partial charge < -0.3 is 15.5 Å². The number of carbonyl (C=O) groups is 1. The summed E-state index contributed by atoms with van der Waals surface area (Å²) in [6.45, 7) is 4.13. The second kappa shape index (κ2) is 6.20. The first kappa shape index (κ1) is 15.0. The lowest BCUT2D eigenvalue weighted by Gasteiger charge is -2.30. The van der Waals surface area contributed by atoms with Crippen molar-refractivity contribution < 1.29 is 15.0 Å². The van der Waals surface area contributed by atoms with Crippen molar-refractivity contribution in [2.24, 2.45) is 0 Å². The third-order valence-electron chi connectivity index (χ3n) is 3.03. The van der Waals surface area contributed by atoms with Crippen molar-refractivity contribution in [1.82, 2.24) is 0 Å². The zero-order chi connectivity index (χ0) is 13.8. The summed E-state index contributed by atoms with van der Waals surface area (Å²) in [5.41, 5.74) is 0.722. The normalized spacial score (nSPS) is 14.0. The molecule has 1 rings (SSSR count). The number of rotatable bonds is 6. The number of aromatic carboxylic acids is 1. The van der Waals surface area contributed by atoms with Gasteiger partial charge in [-0.1, -0.05) is 22.9 Å². The van der Waals surface area contributed by atoms with Crippen molar-refractivity contribution in [3.8, 4) is 0 Å². The first-order valence-corrected chi connectivity index (χ1v) is 6.62. The SMILES string of the molecule is CCC(C)(CCO)Nc1cc(Br)cc(C(=O)O)c1. The Balaban J connectivity index is 2.99. The Kier molecular flexibility index (Phi) is 5.16. The number of nitrogens with one attached hydrogen (secondary N) is 1. The number of hydrogen-bond donors (Lipinski definition) is 3. The Morgan fingerprint density at radius 1 is 1.44 bits per heavy atom. The van der Waals surface area contributed by atoms with Crippen LogP contribution in [0.15, 0.2) is 22.7 Å². The van der Waals surface area contributed by atoms with Crippen molar-refractivity contribution in [2.75, 3.05) is 11.9 Å². The molecule has 0 aliphatic carbocycles. The zero-order valence-electron chi connectivity index (χ0n) is 10.5. The molecule has 0 radical (unpaired) electrons. The van der Waals surface area contributed by atoms with Gasteiger partial charge in [-0.25, -0.2) is 4.79 Å². The predicted molar refractivity (Wildman–Crippen MR) is 75.1 cm³/mol. The fourth-order valence-electron chi connectivity index (χ4n) is 1.71. The molecular weight excluding hydrogens is 298 g/mol. The van der Waals surface area contributed by atoms with Gasteiger partial charge in [0.1, 0.15) is 0 Å². The maximum atomic E-state index is 11.0. The molecule has 3 N–H and O–H groups in total. The zero-order valence-corrected chi connectivity index (χ0v) is 12.1. The van der Waals surface area contributed by atoms with Crippen LogP contribution in [0.5, 0.6) is 0 Å². The molecule has 0 aromatic heterocycles. The molecule has 0 fully saturated rings. The molecule has 1 atom stereocenters. The standard InChI is InChI=1S/C13H18BrNO3/c1-3-13(2,4-5-16)15-11-7-9(12(17)18)6-10(14)8-11/h6-8,15-16H,3-5H2,1-2H3,(H,17,18). The minimum absolute atomic E-state index is 0.0944. The van der Waals surface area contributed by atoms with Crippen LogP contribution in [0.2, 0.25) is 0 Å². The molecule has 0 amide bonds. The molecule has 0 spiro atoms. The Morgan fingerprint density at radius 2 is 2.11 bits per heavy atom. The lowest BCUT2D eigenvalue weighted by molar-refractivity contribution is 0.0697. The molecule has 0 bridgehead atoms. The van der Waals surface area contributed by atoms with Crippen LogP contribution in [-0.4, -0.2) is 28.3 Å². The Hall–Kier alpha value is -1.07. The lowest BCUT2D eigenvalue weighted by atomic mass is 9.94. The Bertz CT molecular complexity index is 436. The number of aliphatic hydroxyl groups excluding tert-OH is 1. The fourth-order valence-corrected chi connectivity index (χ4v) is 2.20. The van der Waals surface area contributed by atoms with Gasteiger partial charge in [-0.2, -0.15) is 0 Å². The van der Waals surface area contributed by atoms with Gasteiger partial charge in [0.25, 0.3) is 0 Å². The van der Waals surface area contributed by atoms with E-state index in [2.05, 4.69) is 21.2 Å². The molecule has 0 saturated carbocycles. The van der Waals surface area contributed by atoms with Crippen molar-refractivity contribution >= 4 is 27.6 Å². The first-order chi connectivity index (χ1) is 8.40. The fraction of sp³-hybridized carbons (Fsp3) is 0.462. The van der Waals surface area contributed by atoms with Crippen LogP contribution in [0.1, 0.15) is 37.0 Å². The summed E-state index contributed by atoms with van der Waals surface area (Å²) in [4.78, 5) is 11.0. The molecule has 0 aliphatic rings. The number of anilines is 1. The van der Waals surface area contributed by atoms with Crippen molar-refractivity contribution in [1.29, 1.82) is 0 Å². The van der Waals surface area contributed by atoms with Gasteiger partial charge in [-0.05, 0) is 38.0 Å². The number of hydrogen-bond acceptors (Lipinski definition) is 3. The van der Waals surface area contributed by atoms with E-state index in [1.807, 2.05) is 19.9 Å². The number of carboxylic acids is 1. The van der Waals surface area contributed by atoms with Crippen molar-refractivity contribution in [3.63, 3.8) is 0 Å². The summed E-state index contributed by atoms with van der Waals surface area (Å²) in [5, 5.41) is 21.4. The highest BCUT2D eigenvalue weighted by Gasteiger charge is 2.21. The summed E-state index contributed by atoms with van der Waals surface area (Å²) in [5.74, 6) is -0.959. The van der Waals surface area contributed by atoms with Crippen LogP contribution in [0.3, 0.4) is 0 Å². The second-order valence-corrected chi connectivity index (χ2v) is 5.46. The average molecular weight is 316 g/mol. The monoisotopic (exact) mass is 315 g/mol. The molecule has 5 heteroatoms. The maximum Gasteiger partial charge on any atom is 0.335 e. The van der Waals surface area contributed by atoms with E-state index in [1.54, 1.807) is 12.1 Å². The highest BCUT2D eigenvalue weighted by molar-refractivity contribution is 9.10. The summed E-state index contributed by atoms with van der Waals surface area (Å²) in [6, 6.07) is 4.99. The first-order valence-electron chi connectivity index (χ1n) is 5.83. The molecule has 1 aromatic carbocycles. The van der Waals surface area contributed by atoms with Crippen LogP contribution in [0.4, 0.5) is 5.69 Å². The number of halogens is 1. The van der Waals surface area contributed by atoms with Gasteiger partial charge in [-0.15, -0.1) is 0 Å². The van der Waals surface area contributed by atoms with Gasteiger partial charge in [0.05, 0.1) is 5.56 Å². The maximum absolute atomic E-state index is 11.0. The highest BCUT2D eigenvalue weighted by atomic mass is 79.9. The van der Waals surface area contributed by atoms with Crippen LogP contribution in [0.25, 0.3) is 0 Å². The smallest absolute Gasteiger partial charge is 0.335 e. The third-order valence-corrected chi connectivity index (χ3v) is 3.49. The van der Waals surface area contributed by atoms with E-state index in [0.29, 0.717) is 10.9 Å². The van der Waals surface area contributed by atoms with Gasteiger partial charge >= 0.3 is 5.97 Å². The van der Waals surface area contributed by atoms with Gasteiger partial charge in [0.15, 0.2) is 0 Å². The van der Waals surface area contributed by atoms with Crippen LogP contribution in [-0.2, 0) is 0 Å². The average Bonchev–Trinajstić information content (AvgIpc) is 2.28. The lowest BCUT2D eigenvalue weighted by Crippen LogP contribution is -2.35. The largest absolute Gasteiger partial charge is 0.478 e. The highest BCUT2D eigenvalue weighted by Crippen LogP contribution is 2.25. The third kappa shape index (κ3) is 3.99.